The van der Waals surface area contributed by atoms with E-state index in [9.17, 15) is 18.0 Å². The Labute approximate surface area is 118 Å². The SMILES string of the molecule is COC(=O)c1ccc(COc2cc(F)ccc2F)cc1F. The fourth-order valence-corrected chi connectivity index (χ4v) is 1.67. The lowest BCUT2D eigenvalue weighted by Gasteiger charge is -2.08. The third-order valence-corrected chi connectivity index (χ3v) is 2.73. The molecule has 0 aliphatic carbocycles. The van der Waals surface area contributed by atoms with Gasteiger partial charge in [0.1, 0.15) is 18.2 Å². The van der Waals surface area contributed by atoms with Crippen molar-refractivity contribution in [2.24, 2.45) is 0 Å². The van der Waals surface area contributed by atoms with E-state index in [1.165, 1.54) is 12.1 Å². The van der Waals surface area contributed by atoms with Crippen LogP contribution in [-0.2, 0) is 11.3 Å². The van der Waals surface area contributed by atoms with Gasteiger partial charge < -0.3 is 9.47 Å². The Bertz CT molecular complexity index is 671. The molecule has 0 atom stereocenters. The maximum absolute atomic E-state index is 13.7. The summed E-state index contributed by atoms with van der Waals surface area (Å²) in [7, 11) is 1.14. The van der Waals surface area contributed by atoms with Crippen LogP contribution in [0.5, 0.6) is 5.75 Å². The van der Waals surface area contributed by atoms with E-state index >= 15 is 0 Å². The van der Waals surface area contributed by atoms with Gasteiger partial charge >= 0.3 is 5.97 Å². The molecule has 0 amide bonds. The molecular weight excluding hydrogens is 285 g/mol. The van der Waals surface area contributed by atoms with E-state index in [-0.39, 0.29) is 17.9 Å². The van der Waals surface area contributed by atoms with Crippen LogP contribution in [0, 0.1) is 17.5 Å². The van der Waals surface area contributed by atoms with Gasteiger partial charge in [0.05, 0.1) is 12.7 Å². The van der Waals surface area contributed by atoms with Gasteiger partial charge in [-0.05, 0) is 29.8 Å². The molecule has 0 spiro atoms. The van der Waals surface area contributed by atoms with Crippen molar-refractivity contribution in [1.29, 1.82) is 0 Å². The topological polar surface area (TPSA) is 35.5 Å². The molecule has 0 aliphatic rings. The first kappa shape index (κ1) is 14.9. The summed E-state index contributed by atoms with van der Waals surface area (Å²) in [4.78, 5) is 11.2. The molecule has 3 nitrogen and oxygen atoms in total. The van der Waals surface area contributed by atoms with Crippen LogP contribution in [-0.4, -0.2) is 13.1 Å². The highest BCUT2D eigenvalue weighted by atomic mass is 19.1. The van der Waals surface area contributed by atoms with Gasteiger partial charge in [0.25, 0.3) is 0 Å². The van der Waals surface area contributed by atoms with E-state index < -0.39 is 23.4 Å². The number of methoxy groups -OCH3 is 1. The molecule has 0 radical (unpaired) electrons. The Morgan fingerprint density at radius 1 is 1.05 bits per heavy atom. The highest BCUT2D eigenvalue weighted by Gasteiger charge is 2.13. The van der Waals surface area contributed by atoms with E-state index in [2.05, 4.69) is 4.74 Å². The normalized spacial score (nSPS) is 10.3. The highest BCUT2D eigenvalue weighted by Crippen LogP contribution is 2.20. The van der Waals surface area contributed by atoms with Crippen molar-refractivity contribution < 1.29 is 27.4 Å². The average Bonchev–Trinajstić information content (AvgIpc) is 2.47. The van der Waals surface area contributed by atoms with Gasteiger partial charge in [-0.15, -0.1) is 0 Å². The molecule has 0 N–H and O–H groups in total. The zero-order valence-electron chi connectivity index (χ0n) is 11.0. The average molecular weight is 296 g/mol. The van der Waals surface area contributed by atoms with Crippen molar-refractivity contribution in [1.82, 2.24) is 0 Å². The number of benzene rings is 2. The predicted molar refractivity (Wildman–Crippen MR) is 68.4 cm³/mol. The number of hydrogen-bond donors (Lipinski definition) is 0. The third kappa shape index (κ3) is 3.53. The Hall–Kier alpha value is -2.50. The number of halogens is 3. The van der Waals surface area contributed by atoms with Crippen LogP contribution in [0.1, 0.15) is 15.9 Å². The standard InChI is InChI=1S/C15H11F3O3/c1-20-15(19)11-4-2-9(6-13(11)18)8-21-14-7-10(16)3-5-12(14)17/h2-7H,8H2,1H3. The van der Waals surface area contributed by atoms with Crippen LogP contribution in [0.3, 0.4) is 0 Å². The molecule has 6 heteroatoms. The number of carbonyl (C=O) groups excluding carboxylic acids is 1. The van der Waals surface area contributed by atoms with Crippen molar-refractivity contribution in [3.8, 4) is 5.75 Å². The number of carbonyl (C=O) groups is 1. The molecular formula is C15H11F3O3. The van der Waals surface area contributed by atoms with Crippen LogP contribution >= 0.6 is 0 Å². The Morgan fingerprint density at radius 2 is 1.81 bits per heavy atom. The Balaban J connectivity index is 2.12. The molecule has 0 saturated carbocycles. The first-order valence-electron chi connectivity index (χ1n) is 5.96. The van der Waals surface area contributed by atoms with Gasteiger partial charge in [0.15, 0.2) is 11.6 Å². The molecule has 0 aromatic heterocycles. The number of hydrogen-bond acceptors (Lipinski definition) is 3. The largest absolute Gasteiger partial charge is 0.486 e. The number of esters is 1. The van der Waals surface area contributed by atoms with Crippen LogP contribution in [0.15, 0.2) is 36.4 Å². The molecule has 0 saturated heterocycles. The van der Waals surface area contributed by atoms with Gasteiger partial charge in [-0.25, -0.2) is 18.0 Å². The van der Waals surface area contributed by atoms with E-state index in [0.29, 0.717) is 5.56 Å². The molecule has 2 rings (SSSR count). The molecule has 0 fully saturated rings. The second-order valence-electron chi connectivity index (χ2n) is 4.17. The monoisotopic (exact) mass is 296 g/mol. The molecule has 2 aromatic carbocycles. The van der Waals surface area contributed by atoms with Crippen molar-refractivity contribution in [3.63, 3.8) is 0 Å². The van der Waals surface area contributed by atoms with E-state index in [1.54, 1.807) is 0 Å². The lowest BCUT2D eigenvalue weighted by molar-refractivity contribution is 0.0595. The summed E-state index contributed by atoms with van der Waals surface area (Å²) in [5, 5.41) is 0. The van der Waals surface area contributed by atoms with E-state index in [0.717, 1.165) is 31.4 Å². The summed E-state index contributed by atoms with van der Waals surface area (Å²) in [6, 6.07) is 6.55. The zero-order chi connectivity index (χ0) is 15.4. The molecule has 0 heterocycles. The first-order chi connectivity index (χ1) is 10.0. The van der Waals surface area contributed by atoms with E-state index in [1.807, 2.05) is 0 Å². The number of ether oxygens (including phenoxy) is 2. The molecule has 21 heavy (non-hydrogen) atoms. The van der Waals surface area contributed by atoms with Crippen LogP contribution in [0.25, 0.3) is 0 Å². The van der Waals surface area contributed by atoms with Gasteiger partial charge in [-0.3, -0.25) is 0 Å². The zero-order valence-corrected chi connectivity index (χ0v) is 11.0. The quantitative estimate of drug-likeness (QED) is 0.810. The third-order valence-electron chi connectivity index (χ3n) is 2.73. The summed E-state index contributed by atoms with van der Waals surface area (Å²) in [6.45, 7) is -0.168. The summed E-state index contributed by atoms with van der Waals surface area (Å²) < 4.78 is 49.5. The molecule has 0 unspecified atom stereocenters. The summed E-state index contributed by atoms with van der Waals surface area (Å²) in [5.74, 6) is -3.20. The Kier molecular flexibility index (Phi) is 4.47. The minimum absolute atomic E-state index is 0.168. The van der Waals surface area contributed by atoms with Gasteiger partial charge in [0, 0.05) is 6.07 Å². The highest BCUT2D eigenvalue weighted by molar-refractivity contribution is 5.89. The molecule has 2 aromatic rings. The smallest absolute Gasteiger partial charge is 0.340 e. The van der Waals surface area contributed by atoms with Gasteiger partial charge in [-0.1, -0.05) is 6.07 Å². The maximum atomic E-state index is 13.7. The molecule has 0 aliphatic heterocycles. The van der Waals surface area contributed by atoms with Crippen molar-refractivity contribution in [2.45, 2.75) is 6.61 Å². The van der Waals surface area contributed by atoms with Gasteiger partial charge in [0.2, 0.25) is 0 Å². The van der Waals surface area contributed by atoms with Crippen LogP contribution in [0.4, 0.5) is 13.2 Å². The number of rotatable bonds is 4. The predicted octanol–water partition coefficient (Wildman–Crippen LogP) is 3.47. The lowest BCUT2D eigenvalue weighted by atomic mass is 10.1. The van der Waals surface area contributed by atoms with Crippen LogP contribution < -0.4 is 4.74 Å². The first-order valence-corrected chi connectivity index (χ1v) is 5.96. The second-order valence-corrected chi connectivity index (χ2v) is 4.17. The molecule has 0 bridgehead atoms. The van der Waals surface area contributed by atoms with E-state index in [4.69, 9.17) is 4.74 Å². The van der Waals surface area contributed by atoms with Crippen molar-refractivity contribution in [2.75, 3.05) is 7.11 Å². The fourth-order valence-electron chi connectivity index (χ4n) is 1.67. The summed E-state index contributed by atoms with van der Waals surface area (Å²) in [5.41, 5.74) is 0.155. The maximum Gasteiger partial charge on any atom is 0.340 e. The minimum atomic E-state index is -0.795. The summed E-state index contributed by atoms with van der Waals surface area (Å²) in [6.07, 6.45) is 0. The minimum Gasteiger partial charge on any atom is -0.486 e. The van der Waals surface area contributed by atoms with Gasteiger partial charge in [-0.2, -0.15) is 0 Å². The van der Waals surface area contributed by atoms with Crippen molar-refractivity contribution in [3.05, 3.63) is 65.0 Å². The Morgan fingerprint density at radius 3 is 2.48 bits per heavy atom. The second kappa shape index (κ2) is 6.30. The van der Waals surface area contributed by atoms with Crippen LogP contribution in [0.2, 0.25) is 0 Å². The fraction of sp³-hybridized carbons (Fsp3) is 0.133. The van der Waals surface area contributed by atoms with Crippen molar-refractivity contribution >= 4 is 5.97 Å². The molecule has 110 valence electrons. The lowest BCUT2D eigenvalue weighted by Crippen LogP contribution is -2.06. The summed E-state index contributed by atoms with van der Waals surface area (Å²) >= 11 is 0.